The summed E-state index contributed by atoms with van der Waals surface area (Å²) in [5.74, 6) is 1.05. The number of aryl methyl sites for hydroxylation is 1. The van der Waals surface area contributed by atoms with E-state index in [1.165, 1.54) is 21.5 Å². The van der Waals surface area contributed by atoms with E-state index in [-0.39, 0.29) is 6.61 Å². The van der Waals surface area contributed by atoms with Crippen LogP contribution in [0.15, 0.2) is 64.4 Å². The summed E-state index contributed by atoms with van der Waals surface area (Å²) in [5, 5.41) is 6.78. The lowest BCUT2D eigenvalue weighted by Gasteiger charge is -2.38. The Hall–Kier alpha value is -3.70. The van der Waals surface area contributed by atoms with Gasteiger partial charge in [0.15, 0.2) is 5.71 Å². The fourth-order valence-corrected chi connectivity index (χ4v) is 9.13. The molecule has 264 valence electrons. The van der Waals surface area contributed by atoms with E-state index in [0.717, 1.165) is 41.9 Å². The maximum atomic E-state index is 9.60. The minimum Gasteiger partial charge on any atom is -0.491 e. The Balaban J connectivity index is 1.76. The molecule has 0 atom stereocenters. The van der Waals surface area contributed by atoms with Crippen LogP contribution in [-0.2, 0) is 18.9 Å². The number of rotatable bonds is 20. The summed E-state index contributed by atoms with van der Waals surface area (Å²) in [7, 11) is 2.03. The number of allylic oxidation sites excluding steroid dienone is 5. The molecule has 49 heavy (non-hydrogen) atoms. The first-order valence-electron chi connectivity index (χ1n) is 17.3. The molecule has 0 aromatic heterocycles. The number of azide groups is 1. The highest BCUT2D eigenvalue weighted by Gasteiger charge is 2.41. The van der Waals surface area contributed by atoms with Gasteiger partial charge in [-0.1, -0.05) is 55.8 Å². The molecule has 0 bridgehead atoms. The maximum absolute atomic E-state index is 9.60. The van der Waals surface area contributed by atoms with Gasteiger partial charge in [0.2, 0.25) is 0 Å². The Morgan fingerprint density at radius 3 is 1.92 bits per heavy atom. The van der Waals surface area contributed by atoms with E-state index >= 15 is 0 Å². The topological polar surface area (TPSA) is 107 Å². The van der Waals surface area contributed by atoms with Crippen LogP contribution in [0.4, 0.5) is 5.69 Å². The van der Waals surface area contributed by atoms with Crippen LogP contribution in [0.25, 0.3) is 16.0 Å². The second-order valence-corrected chi connectivity index (χ2v) is 17.2. The van der Waals surface area contributed by atoms with E-state index in [0.29, 0.717) is 70.0 Å². The van der Waals surface area contributed by atoms with E-state index in [1.54, 1.807) is 0 Å². The molecule has 0 unspecified atom stereocenters. The van der Waals surface area contributed by atoms with E-state index in [1.807, 2.05) is 12.1 Å². The lowest BCUT2D eigenvalue weighted by Crippen LogP contribution is -2.49. The van der Waals surface area contributed by atoms with Crippen LogP contribution in [-0.4, -0.2) is 98.5 Å². The first-order valence-corrected chi connectivity index (χ1v) is 20.3. The molecule has 0 amide bonds. The van der Waals surface area contributed by atoms with Gasteiger partial charge in [0, 0.05) is 41.9 Å². The lowest BCUT2D eigenvalue weighted by atomic mass is 9.88. The summed E-state index contributed by atoms with van der Waals surface area (Å²) in [4.78, 5) is 3.16. The molecule has 11 heteroatoms. The van der Waals surface area contributed by atoms with Crippen molar-refractivity contribution in [2.24, 2.45) is 5.11 Å². The SMILES string of the molecule is CCCOCCOCCOc1cc(OCCOCCOCCC)c(C2=C3C=CC(=[N+](C)C)C=C3[Si](C)(C)c3cc(C)ccc32)cc1N=[N+]=[N-]. The van der Waals surface area contributed by atoms with Crippen molar-refractivity contribution in [3.63, 3.8) is 0 Å². The highest BCUT2D eigenvalue weighted by atomic mass is 28.3. The Bertz CT molecular complexity index is 1620. The number of hydrogen-bond donors (Lipinski definition) is 0. The van der Waals surface area contributed by atoms with Crippen molar-refractivity contribution >= 4 is 30.2 Å². The summed E-state index contributed by atoms with van der Waals surface area (Å²) in [6.45, 7) is 16.0. The van der Waals surface area contributed by atoms with Crippen LogP contribution in [0, 0.1) is 6.92 Å². The minimum atomic E-state index is -2.11. The second-order valence-electron chi connectivity index (χ2n) is 12.8. The summed E-state index contributed by atoms with van der Waals surface area (Å²) >= 11 is 0. The second kappa shape index (κ2) is 18.9. The molecule has 2 aromatic carbocycles. The van der Waals surface area contributed by atoms with Crippen molar-refractivity contribution in [2.45, 2.75) is 46.7 Å². The Morgan fingerprint density at radius 1 is 0.735 bits per heavy atom. The average Bonchev–Trinajstić information content (AvgIpc) is 3.08. The molecular weight excluding hydrogens is 637 g/mol. The monoisotopic (exact) mass is 689 g/mol. The third kappa shape index (κ3) is 9.94. The van der Waals surface area contributed by atoms with Gasteiger partial charge in [0.1, 0.15) is 46.9 Å². The molecule has 1 aliphatic carbocycles. The van der Waals surface area contributed by atoms with Crippen molar-refractivity contribution in [3.8, 4) is 11.5 Å². The van der Waals surface area contributed by atoms with Crippen molar-refractivity contribution in [2.75, 3.05) is 80.2 Å². The van der Waals surface area contributed by atoms with Gasteiger partial charge in [-0.2, -0.15) is 0 Å². The number of ether oxygens (including phenoxy) is 6. The van der Waals surface area contributed by atoms with E-state index < -0.39 is 8.07 Å². The fraction of sp³-hybridized carbons (Fsp3) is 0.500. The standard InChI is InChI=1S/C38H53N4O6Si/c1-8-14-43-16-18-45-20-22-47-34-27-35(48-23-21-46-19-17-44-15-9-2)33(40-41-39)26-32(34)38-30-12-10-28(3)24-36(30)49(6,7)37-25-29(42(4)5)11-13-31(37)38/h10-13,24-27H,8-9,14-23H2,1-7H3/q+1. The first kappa shape index (κ1) is 38.1. The van der Waals surface area contributed by atoms with Crippen LogP contribution in [0.1, 0.15) is 43.4 Å². The van der Waals surface area contributed by atoms with E-state index in [2.05, 4.69) is 99.0 Å². The molecule has 1 aliphatic heterocycles. The molecule has 10 nitrogen and oxygen atoms in total. The van der Waals surface area contributed by atoms with Crippen molar-refractivity contribution in [1.82, 2.24) is 0 Å². The van der Waals surface area contributed by atoms with Gasteiger partial charge in [-0.15, -0.1) is 0 Å². The van der Waals surface area contributed by atoms with Crippen molar-refractivity contribution < 1.29 is 33.0 Å². The zero-order valence-electron chi connectivity index (χ0n) is 30.3. The Morgan fingerprint density at radius 2 is 1.33 bits per heavy atom. The number of benzene rings is 2. The van der Waals surface area contributed by atoms with Gasteiger partial charge in [-0.3, -0.25) is 0 Å². The van der Waals surface area contributed by atoms with Crippen molar-refractivity contribution in [3.05, 3.63) is 86.5 Å². The Kier molecular flexibility index (Phi) is 14.7. The molecule has 2 aliphatic rings. The minimum absolute atomic E-state index is 0.274. The first-order chi connectivity index (χ1) is 23.7. The van der Waals surface area contributed by atoms with Crippen LogP contribution in [0.2, 0.25) is 13.1 Å². The zero-order valence-corrected chi connectivity index (χ0v) is 31.3. The average molecular weight is 690 g/mol. The zero-order chi connectivity index (χ0) is 35.2. The molecule has 0 N–H and O–H groups in total. The van der Waals surface area contributed by atoms with Gasteiger partial charge in [0.25, 0.3) is 0 Å². The molecule has 0 saturated heterocycles. The molecule has 1 heterocycles. The summed E-state index contributed by atoms with van der Waals surface area (Å²) < 4.78 is 37.3. The predicted molar refractivity (Wildman–Crippen MR) is 199 cm³/mol. The summed E-state index contributed by atoms with van der Waals surface area (Å²) in [6, 6.07) is 10.4. The lowest BCUT2D eigenvalue weighted by molar-refractivity contribution is -0.462. The maximum Gasteiger partial charge on any atom is 0.199 e. The van der Waals surface area contributed by atoms with Crippen LogP contribution >= 0.6 is 0 Å². The van der Waals surface area contributed by atoms with Gasteiger partial charge in [0.05, 0.1) is 45.3 Å². The van der Waals surface area contributed by atoms with E-state index in [4.69, 9.17) is 28.4 Å². The molecular formula is C38H53N4O6Si+. The van der Waals surface area contributed by atoms with Crippen molar-refractivity contribution in [1.29, 1.82) is 0 Å². The molecule has 0 saturated carbocycles. The quantitative estimate of drug-likeness (QED) is 0.0368. The number of nitrogens with zero attached hydrogens (tertiary/aromatic N) is 4. The van der Waals surface area contributed by atoms with Gasteiger partial charge in [-0.25, -0.2) is 4.58 Å². The summed E-state index contributed by atoms with van der Waals surface area (Å²) in [6.07, 6.45) is 8.66. The molecule has 0 spiro atoms. The smallest absolute Gasteiger partial charge is 0.199 e. The number of fused-ring (bicyclic) bond motifs is 2. The van der Waals surface area contributed by atoms with Gasteiger partial charge >= 0.3 is 0 Å². The van der Waals surface area contributed by atoms with Gasteiger partial charge in [-0.05, 0) is 64.5 Å². The van der Waals surface area contributed by atoms with Crippen LogP contribution < -0.4 is 14.7 Å². The van der Waals surface area contributed by atoms with Crippen LogP contribution in [0.3, 0.4) is 0 Å². The largest absolute Gasteiger partial charge is 0.491 e. The third-order valence-electron chi connectivity index (χ3n) is 8.47. The van der Waals surface area contributed by atoms with Crippen LogP contribution in [0.5, 0.6) is 11.5 Å². The fourth-order valence-electron chi connectivity index (χ4n) is 5.98. The summed E-state index contributed by atoms with van der Waals surface area (Å²) in [5.41, 5.74) is 16.6. The van der Waals surface area contributed by atoms with E-state index in [9.17, 15) is 5.53 Å². The van der Waals surface area contributed by atoms with Gasteiger partial charge < -0.3 is 28.4 Å². The highest BCUT2D eigenvalue weighted by Crippen LogP contribution is 2.46. The normalized spacial score (nSPS) is 14.6. The molecule has 2 aromatic rings. The third-order valence-corrected chi connectivity index (χ3v) is 12.0. The molecule has 4 rings (SSSR count). The molecule has 0 radical (unpaired) electrons. The number of hydrogen-bond acceptors (Lipinski definition) is 7. The predicted octanol–water partition coefficient (Wildman–Crippen LogP) is 7.06. The highest BCUT2D eigenvalue weighted by molar-refractivity contribution is 6.98. The Labute approximate surface area is 292 Å². The molecule has 0 fully saturated rings.